The maximum Gasteiger partial charge on any atom is 0.235 e. The highest BCUT2D eigenvalue weighted by molar-refractivity contribution is 8.00. The fraction of sp³-hybridized carbons (Fsp3) is 0.133. The Morgan fingerprint density at radius 3 is 2.65 bits per heavy atom. The molecule has 0 aliphatic carbocycles. The molecule has 3 N–H and O–H groups in total. The number of nitrogens with one attached hydrogen (secondary N) is 3. The van der Waals surface area contributed by atoms with Gasteiger partial charge in [0.05, 0.1) is 29.1 Å². The van der Waals surface area contributed by atoms with Gasteiger partial charge in [-0.1, -0.05) is 23.7 Å². The fourth-order valence-corrected chi connectivity index (χ4v) is 3.85. The Kier molecular flexibility index (Phi) is 3.59. The molecule has 1 aliphatic rings. The molecule has 23 heavy (non-hydrogen) atoms. The molecule has 2 aromatic heterocycles. The van der Waals surface area contributed by atoms with E-state index in [-0.39, 0.29) is 11.2 Å². The van der Waals surface area contributed by atoms with Gasteiger partial charge in [0.25, 0.3) is 0 Å². The van der Waals surface area contributed by atoms with Crippen molar-refractivity contribution in [2.24, 2.45) is 0 Å². The molecule has 116 valence electrons. The zero-order valence-electron chi connectivity index (χ0n) is 11.8. The maximum absolute atomic E-state index is 11.8. The summed E-state index contributed by atoms with van der Waals surface area (Å²) >= 11 is 7.51. The second kappa shape index (κ2) is 5.75. The van der Waals surface area contributed by atoms with Gasteiger partial charge in [-0.05, 0) is 17.7 Å². The van der Waals surface area contributed by atoms with Gasteiger partial charge < -0.3 is 5.32 Å². The molecule has 0 saturated carbocycles. The number of thioether (sulfide) groups is 1. The fourth-order valence-electron chi connectivity index (χ4n) is 2.62. The molecule has 1 unspecified atom stereocenters. The van der Waals surface area contributed by atoms with E-state index in [1.807, 2.05) is 24.3 Å². The Balaban J connectivity index is 1.79. The van der Waals surface area contributed by atoms with E-state index < -0.39 is 0 Å². The van der Waals surface area contributed by atoms with Gasteiger partial charge in [0.15, 0.2) is 0 Å². The van der Waals surface area contributed by atoms with E-state index >= 15 is 0 Å². The molecular weight excluding hydrogens is 334 g/mol. The summed E-state index contributed by atoms with van der Waals surface area (Å²) in [6.07, 6.45) is 3.55. The third-order valence-electron chi connectivity index (χ3n) is 3.68. The van der Waals surface area contributed by atoms with Gasteiger partial charge in [0.1, 0.15) is 5.82 Å². The lowest BCUT2D eigenvalue weighted by Gasteiger charge is -2.13. The highest BCUT2D eigenvalue weighted by atomic mass is 35.5. The molecule has 3 aromatic rings. The van der Waals surface area contributed by atoms with Crippen LogP contribution < -0.4 is 5.32 Å². The number of anilines is 1. The summed E-state index contributed by atoms with van der Waals surface area (Å²) in [6, 6.07) is 7.58. The van der Waals surface area contributed by atoms with E-state index in [4.69, 9.17) is 11.6 Å². The zero-order chi connectivity index (χ0) is 15.8. The van der Waals surface area contributed by atoms with Crippen LogP contribution in [0.25, 0.3) is 11.3 Å². The lowest BCUT2D eigenvalue weighted by atomic mass is 10.0. The van der Waals surface area contributed by atoms with Gasteiger partial charge in [-0.15, -0.1) is 11.8 Å². The van der Waals surface area contributed by atoms with Gasteiger partial charge >= 0.3 is 0 Å². The van der Waals surface area contributed by atoms with Crippen molar-refractivity contribution in [1.29, 1.82) is 0 Å². The first-order valence-electron chi connectivity index (χ1n) is 6.96. The quantitative estimate of drug-likeness (QED) is 0.665. The molecule has 0 spiro atoms. The van der Waals surface area contributed by atoms with Crippen LogP contribution in [-0.2, 0) is 4.79 Å². The Bertz CT molecular complexity index is 857. The third-order valence-corrected chi connectivity index (χ3v) is 5.20. The smallest absolute Gasteiger partial charge is 0.235 e. The highest BCUT2D eigenvalue weighted by Gasteiger charge is 2.28. The molecule has 0 bridgehead atoms. The van der Waals surface area contributed by atoms with Crippen LogP contribution in [0.3, 0.4) is 0 Å². The molecule has 0 fully saturated rings. The largest absolute Gasteiger partial charge is 0.310 e. The second-order valence-electron chi connectivity index (χ2n) is 5.15. The van der Waals surface area contributed by atoms with Crippen LogP contribution in [0.5, 0.6) is 0 Å². The first-order chi connectivity index (χ1) is 11.2. The number of aromatic amines is 2. The lowest BCUT2D eigenvalue weighted by Crippen LogP contribution is -2.12. The molecule has 1 aromatic carbocycles. The molecule has 3 heterocycles. The topological polar surface area (TPSA) is 86.5 Å². The number of aromatic nitrogens is 4. The summed E-state index contributed by atoms with van der Waals surface area (Å²) < 4.78 is 0. The van der Waals surface area contributed by atoms with Crippen molar-refractivity contribution in [3.8, 4) is 11.3 Å². The number of amides is 1. The third kappa shape index (κ3) is 2.62. The van der Waals surface area contributed by atoms with Crippen molar-refractivity contribution in [3.05, 3.63) is 52.8 Å². The molecule has 1 aliphatic heterocycles. The monoisotopic (exact) mass is 345 g/mol. The van der Waals surface area contributed by atoms with Crippen LogP contribution >= 0.6 is 23.4 Å². The van der Waals surface area contributed by atoms with E-state index in [1.165, 1.54) is 0 Å². The number of benzene rings is 1. The predicted octanol–water partition coefficient (Wildman–Crippen LogP) is 3.23. The van der Waals surface area contributed by atoms with Crippen molar-refractivity contribution in [3.63, 3.8) is 0 Å². The standard InChI is InChI=1S/C15H12ClN5OS/c16-9-3-1-8(2-4-9)13-10(5-17-20-13)14-11-6-18-21-15(11)19-12(22)7-23-14/h1-6,14H,7H2,(H,17,20)(H2,18,19,21,22). The van der Waals surface area contributed by atoms with Crippen LogP contribution in [0.15, 0.2) is 36.7 Å². The number of rotatable bonds is 2. The molecule has 6 nitrogen and oxygen atoms in total. The molecule has 1 atom stereocenters. The lowest BCUT2D eigenvalue weighted by molar-refractivity contribution is -0.113. The van der Waals surface area contributed by atoms with Crippen LogP contribution in [0, 0.1) is 0 Å². The van der Waals surface area contributed by atoms with Gasteiger partial charge in [0, 0.05) is 16.1 Å². The minimum absolute atomic E-state index is 0.0351. The number of carbonyl (C=O) groups excluding carboxylic acids is 1. The zero-order valence-corrected chi connectivity index (χ0v) is 13.4. The number of hydrogen-bond donors (Lipinski definition) is 3. The van der Waals surface area contributed by atoms with Crippen LogP contribution in [0.1, 0.15) is 16.4 Å². The molecule has 8 heteroatoms. The molecular formula is C15H12ClN5OS. The van der Waals surface area contributed by atoms with Gasteiger partial charge in [0.2, 0.25) is 5.91 Å². The summed E-state index contributed by atoms with van der Waals surface area (Å²) in [7, 11) is 0. The van der Waals surface area contributed by atoms with Crippen LogP contribution in [0.4, 0.5) is 5.82 Å². The van der Waals surface area contributed by atoms with Crippen molar-refractivity contribution in [1.82, 2.24) is 20.4 Å². The average molecular weight is 346 g/mol. The summed E-state index contributed by atoms with van der Waals surface area (Å²) in [4.78, 5) is 11.8. The number of fused-ring (bicyclic) bond motifs is 1. The van der Waals surface area contributed by atoms with Crippen LogP contribution in [-0.4, -0.2) is 32.1 Å². The molecule has 4 rings (SSSR count). The summed E-state index contributed by atoms with van der Waals surface area (Å²) in [5.41, 5.74) is 3.87. The number of hydrogen-bond acceptors (Lipinski definition) is 4. The minimum Gasteiger partial charge on any atom is -0.310 e. The summed E-state index contributed by atoms with van der Waals surface area (Å²) in [5.74, 6) is 0.978. The highest BCUT2D eigenvalue weighted by Crippen LogP contribution is 2.43. The van der Waals surface area contributed by atoms with E-state index in [0.717, 1.165) is 22.4 Å². The van der Waals surface area contributed by atoms with E-state index in [2.05, 4.69) is 25.7 Å². The Morgan fingerprint density at radius 2 is 1.83 bits per heavy atom. The molecule has 0 saturated heterocycles. The van der Waals surface area contributed by atoms with Crippen LogP contribution in [0.2, 0.25) is 5.02 Å². The van der Waals surface area contributed by atoms with Crippen molar-refractivity contribution < 1.29 is 4.79 Å². The normalized spacial score (nSPS) is 17.4. The number of halogens is 1. The Labute approximate surface area is 141 Å². The summed E-state index contributed by atoms with van der Waals surface area (Å²) in [6.45, 7) is 0. The molecule has 1 amide bonds. The van der Waals surface area contributed by atoms with E-state index in [9.17, 15) is 4.79 Å². The van der Waals surface area contributed by atoms with Gasteiger partial charge in [-0.2, -0.15) is 10.2 Å². The second-order valence-corrected chi connectivity index (χ2v) is 6.68. The van der Waals surface area contributed by atoms with E-state index in [0.29, 0.717) is 16.6 Å². The first kappa shape index (κ1) is 14.3. The van der Waals surface area contributed by atoms with Gasteiger partial charge in [-0.25, -0.2) is 0 Å². The first-order valence-corrected chi connectivity index (χ1v) is 8.39. The molecule has 0 radical (unpaired) electrons. The number of carbonyl (C=O) groups is 1. The van der Waals surface area contributed by atoms with Gasteiger partial charge in [-0.3, -0.25) is 15.0 Å². The summed E-state index contributed by atoms with van der Waals surface area (Å²) in [5, 5.41) is 17.6. The maximum atomic E-state index is 11.8. The SMILES string of the molecule is O=C1CSC(c2cn[nH]c2-c2ccc(Cl)cc2)c2cn[nH]c2N1. The number of H-pyrrole nitrogens is 2. The minimum atomic E-state index is -0.0421. The number of nitrogens with zero attached hydrogens (tertiary/aromatic N) is 2. The Morgan fingerprint density at radius 1 is 1.09 bits per heavy atom. The van der Waals surface area contributed by atoms with Crippen molar-refractivity contribution >= 4 is 35.1 Å². The van der Waals surface area contributed by atoms with Crippen molar-refractivity contribution in [2.75, 3.05) is 11.1 Å². The average Bonchev–Trinajstić information content (AvgIpc) is 3.16. The predicted molar refractivity (Wildman–Crippen MR) is 90.6 cm³/mol. The van der Waals surface area contributed by atoms with Crippen molar-refractivity contribution in [2.45, 2.75) is 5.25 Å². The Hall–Kier alpha value is -2.25. The van der Waals surface area contributed by atoms with E-state index in [1.54, 1.807) is 24.2 Å².